The molecule has 0 saturated carbocycles. The maximum Gasteiger partial charge on any atom is 0.263 e. The molecule has 1 aromatic heterocycles. The summed E-state index contributed by atoms with van der Waals surface area (Å²) < 4.78 is 27.7. The third-order valence-electron chi connectivity index (χ3n) is 4.04. The maximum absolute atomic E-state index is 12.6. The molecule has 0 aliphatic carbocycles. The Bertz CT molecular complexity index is 1020. The Morgan fingerprint density at radius 3 is 2.63 bits per heavy atom. The first kappa shape index (κ1) is 19.8. The van der Waals surface area contributed by atoms with Crippen molar-refractivity contribution in [3.63, 3.8) is 0 Å². The third-order valence-corrected chi connectivity index (χ3v) is 6.87. The first-order valence-corrected chi connectivity index (χ1v) is 11.0. The lowest BCUT2D eigenvalue weighted by molar-refractivity contribution is 0.174. The van der Waals surface area contributed by atoms with Gasteiger partial charge in [-0.15, -0.1) is 11.3 Å². The standard InChI is InChI=1S/C19H19ClN2O3S2/c1-13-17(20)8-5-9-18(13)27(24,25)22-19-21-15(12-26-19)11-16(23)10-14-6-3-2-4-7-14/h2-9,12,16,23H,10-11H2,1H3,(H,21,22). The summed E-state index contributed by atoms with van der Waals surface area (Å²) in [6.45, 7) is 1.66. The quantitative estimate of drug-likeness (QED) is 0.602. The van der Waals surface area contributed by atoms with Crippen molar-refractivity contribution in [2.24, 2.45) is 0 Å². The number of aromatic nitrogens is 1. The summed E-state index contributed by atoms with van der Waals surface area (Å²) in [6.07, 6.45) is 0.277. The number of hydrogen-bond acceptors (Lipinski definition) is 5. The fraction of sp³-hybridized carbons (Fsp3) is 0.211. The van der Waals surface area contributed by atoms with Gasteiger partial charge in [-0.05, 0) is 36.6 Å². The molecule has 0 aliphatic rings. The van der Waals surface area contributed by atoms with Crippen LogP contribution in [0.2, 0.25) is 5.02 Å². The minimum Gasteiger partial charge on any atom is -0.392 e. The normalized spacial score (nSPS) is 12.7. The Morgan fingerprint density at radius 2 is 1.89 bits per heavy atom. The lowest BCUT2D eigenvalue weighted by atomic mass is 10.1. The molecular formula is C19H19ClN2O3S2. The molecule has 3 rings (SSSR count). The van der Waals surface area contributed by atoms with E-state index in [2.05, 4.69) is 9.71 Å². The zero-order valence-corrected chi connectivity index (χ0v) is 17.0. The molecule has 2 aromatic carbocycles. The van der Waals surface area contributed by atoms with Crippen LogP contribution in [0.25, 0.3) is 0 Å². The molecule has 0 fully saturated rings. The predicted octanol–water partition coefficient (Wildman–Crippen LogP) is 4.05. The molecule has 0 radical (unpaired) electrons. The zero-order chi connectivity index (χ0) is 19.4. The highest BCUT2D eigenvalue weighted by Gasteiger charge is 2.20. The van der Waals surface area contributed by atoms with Crippen molar-refractivity contribution in [1.82, 2.24) is 4.98 Å². The molecule has 1 atom stereocenters. The van der Waals surface area contributed by atoms with E-state index in [0.717, 1.165) is 5.56 Å². The molecule has 27 heavy (non-hydrogen) atoms. The van der Waals surface area contributed by atoms with E-state index in [-0.39, 0.29) is 10.0 Å². The molecular weight excluding hydrogens is 404 g/mol. The topological polar surface area (TPSA) is 79.3 Å². The molecule has 1 unspecified atom stereocenters. The number of benzene rings is 2. The summed E-state index contributed by atoms with van der Waals surface area (Å²) in [4.78, 5) is 4.41. The van der Waals surface area contributed by atoms with Crippen molar-refractivity contribution >= 4 is 38.1 Å². The van der Waals surface area contributed by atoms with E-state index < -0.39 is 16.1 Å². The van der Waals surface area contributed by atoms with Gasteiger partial charge in [0, 0.05) is 16.8 Å². The number of hydrogen-bond donors (Lipinski definition) is 2. The number of rotatable bonds is 7. The van der Waals surface area contributed by atoms with Crippen LogP contribution in [0.1, 0.15) is 16.8 Å². The SMILES string of the molecule is Cc1c(Cl)cccc1S(=O)(=O)Nc1nc(CC(O)Cc2ccccc2)cs1. The van der Waals surface area contributed by atoms with Crippen LogP contribution >= 0.6 is 22.9 Å². The largest absolute Gasteiger partial charge is 0.392 e. The second-order valence-electron chi connectivity index (χ2n) is 6.16. The van der Waals surface area contributed by atoms with Gasteiger partial charge in [0.05, 0.1) is 16.7 Å². The van der Waals surface area contributed by atoms with E-state index in [1.54, 1.807) is 24.4 Å². The molecule has 142 valence electrons. The minimum absolute atomic E-state index is 0.121. The van der Waals surface area contributed by atoms with Crippen molar-refractivity contribution in [2.45, 2.75) is 30.8 Å². The van der Waals surface area contributed by atoms with E-state index in [9.17, 15) is 13.5 Å². The summed E-state index contributed by atoms with van der Waals surface area (Å²) in [6, 6.07) is 14.4. The van der Waals surface area contributed by atoms with Crippen molar-refractivity contribution in [2.75, 3.05) is 4.72 Å². The zero-order valence-electron chi connectivity index (χ0n) is 14.6. The summed E-state index contributed by atoms with van der Waals surface area (Å²) >= 11 is 7.20. The monoisotopic (exact) mass is 422 g/mol. The van der Waals surface area contributed by atoms with Crippen molar-refractivity contribution in [1.29, 1.82) is 0 Å². The average Bonchev–Trinajstić information content (AvgIpc) is 3.04. The molecule has 2 N–H and O–H groups in total. The van der Waals surface area contributed by atoms with Crippen LogP contribution in [-0.2, 0) is 22.9 Å². The van der Waals surface area contributed by atoms with Crippen LogP contribution in [0.3, 0.4) is 0 Å². The van der Waals surface area contributed by atoms with Gasteiger partial charge in [-0.1, -0.05) is 48.0 Å². The second-order valence-corrected chi connectivity index (χ2v) is 9.08. The lowest BCUT2D eigenvalue weighted by Gasteiger charge is -2.10. The Morgan fingerprint density at radius 1 is 1.15 bits per heavy atom. The van der Waals surface area contributed by atoms with Gasteiger partial charge < -0.3 is 5.11 Å². The van der Waals surface area contributed by atoms with Crippen LogP contribution < -0.4 is 4.72 Å². The Kier molecular flexibility index (Phi) is 6.16. The lowest BCUT2D eigenvalue weighted by Crippen LogP contribution is -2.15. The molecule has 0 spiro atoms. The van der Waals surface area contributed by atoms with Gasteiger partial charge in [-0.25, -0.2) is 13.4 Å². The van der Waals surface area contributed by atoms with E-state index in [4.69, 9.17) is 11.6 Å². The molecule has 0 amide bonds. The molecule has 0 bridgehead atoms. The number of thiazole rings is 1. The highest BCUT2D eigenvalue weighted by Crippen LogP contribution is 2.26. The van der Waals surface area contributed by atoms with Crippen molar-refractivity contribution < 1.29 is 13.5 Å². The van der Waals surface area contributed by atoms with E-state index in [0.29, 0.717) is 29.1 Å². The molecule has 0 aliphatic heterocycles. The first-order chi connectivity index (χ1) is 12.8. The van der Waals surface area contributed by atoms with Crippen LogP contribution in [0, 0.1) is 6.92 Å². The Hall–Kier alpha value is -1.93. The summed E-state index contributed by atoms with van der Waals surface area (Å²) in [5.74, 6) is 0. The molecule has 0 saturated heterocycles. The van der Waals surface area contributed by atoms with Gasteiger partial charge in [-0.3, -0.25) is 4.72 Å². The van der Waals surface area contributed by atoms with E-state index in [1.807, 2.05) is 30.3 Å². The number of nitrogens with zero attached hydrogens (tertiary/aromatic N) is 1. The minimum atomic E-state index is -3.78. The number of aliphatic hydroxyl groups is 1. The summed E-state index contributed by atoms with van der Waals surface area (Å²) in [7, 11) is -3.78. The van der Waals surface area contributed by atoms with Gasteiger partial charge in [0.2, 0.25) is 0 Å². The Balaban J connectivity index is 1.68. The number of aliphatic hydroxyl groups excluding tert-OH is 1. The van der Waals surface area contributed by atoms with Gasteiger partial charge in [0.25, 0.3) is 10.0 Å². The number of nitrogens with one attached hydrogen (secondary N) is 1. The second kappa shape index (κ2) is 8.39. The smallest absolute Gasteiger partial charge is 0.263 e. The number of anilines is 1. The van der Waals surface area contributed by atoms with Gasteiger partial charge in [0.1, 0.15) is 0 Å². The first-order valence-electron chi connectivity index (χ1n) is 8.29. The van der Waals surface area contributed by atoms with Crippen LogP contribution in [0.5, 0.6) is 0 Å². The van der Waals surface area contributed by atoms with Gasteiger partial charge >= 0.3 is 0 Å². The molecule has 3 aromatic rings. The molecule has 5 nitrogen and oxygen atoms in total. The molecule has 8 heteroatoms. The van der Waals surface area contributed by atoms with Crippen molar-refractivity contribution in [3.05, 3.63) is 75.8 Å². The highest BCUT2D eigenvalue weighted by atomic mass is 35.5. The highest BCUT2D eigenvalue weighted by molar-refractivity contribution is 7.93. The molecule has 1 heterocycles. The van der Waals surface area contributed by atoms with Crippen LogP contribution in [0.15, 0.2) is 58.8 Å². The summed E-state index contributed by atoms with van der Waals surface area (Å²) in [5, 5.41) is 12.7. The fourth-order valence-electron chi connectivity index (χ4n) is 2.70. The number of sulfonamides is 1. The van der Waals surface area contributed by atoms with Crippen LogP contribution in [-0.4, -0.2) is 24.6 Å². The van der Waals surface area contributed by atoms with Gasteiger partial charge in [-0.2, -0.15) is 0 Å². The fourth-order valence-corrected chi connectivity index (χ4v) is 5.17. The summed E-state index contributed by atoms with van der Waals surface area (Å²) in [5.41, 5.74) is 2.17. The Labute approximate surface area is 167 Å². The third kappa shape index (κ3) is 5.07. The van der Waals surface area contributed by atoms with Crippen LogP contribution in [0.4, 0.5) is 5.13 Å². The van der Waals surface area contributed by atoms with Gasteiger partial charge in [0.15, 0.2) is 5.13 Å². The number of halogens is 1. The maximum atomic E-state index is 12.6. The van der Waals surface area contributed by atoms with E-state index >= 15 is 0 Å². The average molecular weight is 423 g/mol. The van der Waals surface area contributed by atoms with Crippen molar-refractivity contribution in [3.8, 4) is 0 Å². The van der Waals surface area contributed by atoms with E-state index in [1.165, 1.54) is 17.4 Å². The predicted molar refractivity (Wildman–Crippen MR) is 109 cm³/mol.